The molecule has 24 heavy (non-hydrogen) atoms. The molecule has 0 N–H and O–H groups in total. The third kappa shape index (κ3) is 2.73. The number of fused-ring (bicyclic) bond motifs is 2. The van der Waals surface area contributed by atoms with Crippen molar-refractivity contribution in [3.8, 4) is 5.75 Å². The number of nitrogens with zero attached hydrogens (tertiary/aromatic N) is 1. The number of para-hydroxylation sites is 1. The monoisotopic (exact) mass is 325 g/mol. The van der Waals surface area contributed by atoms with Crippen molar-refractivity contribution in [3.63, 3.8) is 0 Å². The highest BCUT2D eigenvalue weighted by atomic mass is 16.6. The smallest absolute Gasteiger partial charge is 0.419 e. The van der Waals surface area contributed by atoms with Crippen LogP contribution in [0.15, 0.2) is 47.3 Å². The summed E-state index contributed by atoms with van der Waals surface area (Å²) >= 11 is 0. The van der Waals surface area contributed by atoms with Crippen molar-refractivity contribution >= 4 is 27.9 Å². The number of methoxy groups -OCH3 is 1. The van der Waals surface area contributed by atoms with Gasteiger partial charge in [-0.1, -0.05) is 12.1 Å². The van der Waals surface area contributed by atoms with Gasteiger partial charge >= 0.3 is 6.09 Å². The summed E-state index contributed by atoms with van der Waals surface area (Å²) in [6.45, 7) is 5.42. The Morgan fingerprint density at radius 3 is 2.33 bits per heavy atom. The summed E-state index contributed by atoms with van der Waals surface area (Å²) in [5.41, 5.74) is 0.239. The Labute approximate surface area is 139 Å². The minimum atomic E-state index is -0.639. The van der Waals surface area contributed by atoms with Gasteiger partial charge in [0.25, 0.3) is 0 Å². The Morgan fingerprint density at radius 1 is 1.00 bits per heavy atom. The fraction of sp³-hybridized carbons (Fsp3) is 0.263. The van der Waals surface area contributed by atoms with Crippen LogP contribution in [0, 0.1) is 0 Å². The SMILES string of the molecule is COc1ccc2c(c1)c(=O)c1ccccc1n2C(=O)OC(C)(C)C. The number of hydrogen-bond acceptors (Lipinski definition) is 4. The predicted molar refractivity (Wildman–Crippen MR) is 93.9 cm³/mol. The lowest BCUT2D eigenvalue weighted by atomic mass is 10.1. The Bertz CT molecular complexity index is 996. The second-order valence-electron chi connectivity index (χ2n) is 6.55. The second kappa shape index (κ2) is 5.67. The summed E-state index contributed by atoms with van der Waals surface area (Å²) in [5.74, 6) is 0.561. The van der Waals surface area contributed by atoms with Crippen molar-refractivity contribution in [3.05, 3.63) is 52.7 Å². The maximum atomic E-state index is 12.8. The van der Waals surface area contributed by atoms with Crippen LogP contribution in [0.1, 0.15) is 20.8 Å². The van der Waals surface area contributed by atoms with Crippen LogP contribution >= 0.6 is 0 Å². The second-order valence-corrected chi connectivity index (χ2v) is 6.55. The summed E-state index contributed by atoms with van der Waals surface area (Å²) in [6.07, 6.45) is -0.520. The number of carbonyl (C=O) groups excluding carboxylic acids is 1. The van der Waals surface area contributed by atoms with E-state index in [0.717, 1.165) is 0 Å². The molecule has 1 aromatic heterocycles. The normalized spacial score (nSPS) is 11.7. The number of ether oxygens (including phenoxy) is 2. The van der Waals surface area contributed by atoms with Crippen LogP contribution in [0.3, 0.4) is 0 Å². The average molecular weight is 325 g/mol. The molecular weight excluding hydrogens is 306 g/mol. The zero-order valence-corrected chi connectivity index (χ0v) is 14.1. The summed E-state index contributed by atoms with van der Waals surface area (Å²) in [4.78, 5) is 25.6. The van der Waals surface area contributed by atoms with Gasteiger partial charge in [-0.15, -0.1) is 0 Å². The highest BCUT2D eigenvalue weighted by molar-refractivity contribution is 6.01. The third-order valence-electron chi connectivity index (χ3n) is 3.65. The van der Waals surface area contributed by atoms with Gasteiger partial charge in [-0.25, -0.2) is 9.36 Å². The first kappa shape index (κ1) is 16.1. The fourth-order valence-corrected chi connectivity index (χ4v) is 2.66. The quantitative estimate of drug-likeness (QED) is 0.636. The molecule has 3 aromatic rings. The highest BCUT2D eigenvalue weighted by Crippen LogP contribution is 2.24. The van der Waals surface area contributed by atoms with E-state index in [2.05, 4.69) is 0 Å². The summed E-state index contributed by atoms with van der Waals surface area (Å²) in [6, 6.07) is 12.1. The Kier molecular flexibility index (Phi) is 3.79. The lowest BCUT2D eigenvalue weighted by Crippen LogP contribution is -2.28. The molecule has 0 saturated carbocycles. The molecule has 0 aliphatic carbocycles. The van der Waals surface area contributed by atoms with Crippen LogP contribution in [0.4, 0.5) is 4.79 Å². The van der Waals surface area contributed by atoms with E-state index in [1.807, 2.05) is 0 Å². The van der Waals surface area contributed by atoms with Gasteiger partial charge in [-0.2, -0.15) is 0 Å². The molecule has 0 saturated heterocycles. The Hall–Kier alpha value is -2.82. The van der Waals surface area contributed by atoms with Crippen LogP contribution in [0.2, 0.25) is 0 Å². The molecule has 0 radical (unpaired) electrons. The van der Waals surface area contributed by atoms with E-state index in [9.17, 15) is 9.59 Å². The third-order valence-corrected chi connectivity index (χ3v) is 3.65. The molecule has 0 amide bonds. The largest absolute Gasteiger partial charge is 0.497 e. The molecule has 0 spiro atoms. The number of carbonyl (C=O) groups is 1. The lowest BCUT2D eigenvalue weighted by molar-refractivity contribution is 0.0551. The van der Waals surface area contributed by atoms with Gasteiger partial charge in [0.1, 0.15) is 11.4 Å². The minimum absolute atomic E-state index is 0.140. The topological polar surface area (TPSA) is 57.5 Å². The number of benzene rings is 2. The molecule has 0 aliphatic rings. The van der Waals surface area contributed by atoms with Gasteiger partial charge in [-0.05, 0) is 51.1 Å². The highest BCUT2D eigenvalue weighted by Gasteiger charge is 2.22. The molecule has 5 nitrogen and oxygen atoms in total. The average Bonchev–Trinajstić information content (AvgIpc) is 2.53. The molecular formula is C19H19NO4. The standard InChI is InChI=1S/C19H19NO4/c1-19(2,3)24-18(22)20-15-8-6-5-7-13(15)17(21)14-11-12(23-4)9-10-16(14)20/h5-11H,1-4H3. The van der Waals surface area contributed by atoms with Crippen molar-refractivity contribution in [1.29, 1.82) is 0 Å². The van der Waals surface area contributed by atoms with E-state index in [1.165, 1.54) is 11.7 Å². The molecule has 2 aromatic carbocycles. The van der Waals surface area contributed by atoms with Crippen molar-refractivity contribution in [2.24, 2.45) is 0 Å². The van der Waals surface area contributed by atoms with E-state index in [-0.39, 0.29) is 5.43 Å². The number of aromatic nitrogens is 1. The molecule has 0 atom stereocenters. The van der Waals surface area contributed by atoms with Crippen LogP contribution < -0.4 is 10.2 Å². The van der Waals surface area contributed by atoms with E-state index in [0.29, 0.717) is 27.6 Å². The molecule has 0 bridgehead atoms. The summed E-state index contributed by atoms with van der Waals surface area (Å²) in [7, 11) is 1.54. The van der Waals surface area contributed by atoms with Crippen molar-refractivity contribution in [2.75, 3.05) is 7.11 Å². The number of rotatable bonds is 1. The van der Waals surface area contributed by atoms with Gasteiger partial charge < -0.3 is 9.47 Å². The van der Waals surface area contributed by atoms with E-state index >= 15 is 0 Å². The molecule has 124 valence electrons. The predicted octanol–water partition coefficient (Wildman–Crippen LogP) is 3.95. The maximum absolute atomic E-state index is 12.8. The van der Waals surface area contributed by atoms with Gasteiger partial charge in [0.2, 0.25) is 0 Å². The maximum Gasteiger partial charge on any atom is 0.419 e. The van der Waals surface area contributed by atoms with Crippen LogP contribution in [-0.2, 0) is 4.74 Å². The van der Waals surface area contributed by atoms with E-state index in [1.54, 1.807) is 63.2 Å². The molecule has 1 heterocycles. The molecule has 0 aliphatic heterocycles. The summed E-state index contributed by atoms with van der Waals surface area (Å²) < 4.78 is 12.2. The number of hydrogen-bond donors (Lipinski definition) is 0. The molecule has 3 rings (SSSR count). The Balaban J connectivity index is 2.42. The van der Waals surface area contributed by atoms with Crippen LogP contribution in [0.25, 0.3) is 21.8 Å². The first-order valence-corrected chi connectivity index (χ1v) is 7.67. The fourth-order valence-electron chi connectivity index (χ4n) is 2.66. The number of pyridine rings is 1. The molecule has 5 heteroatoms. The lowest BCUT2D eigenvalue weighted by Gasteiger charge is -2.22. The van der Waals surface area contributed by atoms with Crippen molar-refractivity contribution in [1.82, 2.24) is 4.57 Å². The van der Waals surface area contributed by atoms with E-state index in [4.69, 9.17) is 9.47 Å². The minimum Gasteiger partial charge on any atom is -0.497 e. The molecule has 0 unspecified atom stereocenters. The first-order valence-electron chi connectivity index (χ1n) is 7.67. The van der Waals surface area contributed by atoms with Crippen molar-refractivity contribution < 1.29 is 14.3 Å². The Morgan fingerprint density at radius 2 is 1.67 bits per heavy atom. The van der Waals surface area contributed by atoms with Gasteiger partial charge in [-0.3, -0.25) is 4.79 Å². The van der Waals surface area contributed by atoms with Gasteiger partial charge in [0.15, 0.2) is 5.43 Å². The van der Waals surface area contributed by atoms with Crippen molar-refractivity contribution in [2.45, 2.75) is 26.4 Å². The zero-order valence-electron chi connectivity index (χ0n) is 14.1. The van der Waals surface area contributed by atoms with Crippen LogP contribution in [-0.4, -0.2) is 23.4 Å². The first-order chi connectivity index (χ1) is 11.3. The van der Waals surface area contributed by atoms with E-state index < -0.39 is 11.7 Å². The van der Waals surface area contributed by atoms with Crippen LogP contribution in [0.5, 0.6) is 5.75 Å². The van der Waals surface area contributed by atoms with Gasteiger partial charge in [0, 0.05) is 5.39 Å². The zero-order chi connectivity index (χ0) is 17.5. The summed E-state index contributed by atoms with van der Waals surface area (Å²) in [5, 5.41) is 0.878. The molecule has 0 fully saturated rings. The van der Waals surface area contributed by atoms with Gasteiger partial charge in [0.05, 0.1) is 23.5 Å².